The largest absolute Gasteiger partial charge is 0.376 e. The van der Waals surface area contributed by atoms with Gasteiger partial charge in [0, 0.05) is 29.6 Å². The Morgan fingerprint density at radius 1 is 1.53 bits per heavy atom. The van der Waals surface area contributed by atoms with Gasteiger partial charge in [-0.1, -0.05) is 15.9 Å². The van der Waals surface area contributed by atoms with Crippen LogP contribution in [-0.2, 0) is 4.74 Å². The molecule has 0 spiro atoms. The van der Waals surface area contributed by atoms with Gasteiger partial charge in [-0.2, -0.15) is 0 Å². The third-order valence-corrected chi connectivity index (χ3v) is 4.15. The van der Waals surface area contributed by atoms with Crippen LogP contribution in [0.1, 0.15) is 29.6 Å². The molecule has 104 valence electrons. The second kappa shape index (κ2) is 6.77. The fraction of sp³-hybridized carbons (Fsp3) is 0.500. The summed E-state index contributed by atoms with van der Waals surface area (Å²) in [5.74, 6) is -0.00771. The lowest BCUT2D eigenvalue weighted by molar-refractivity contribution is -0.000248. The van der Waals surface area contributed by atoms with E-state index in [1.165, 1.54) is 6.42 Å². The summed E-state index contributed by atoms with van der Waals surface area (Å²) in [6.07, 6.45) is 3.51. The number of hydrogen-bond acceptors (Lipinski definition) is 3. The van der Waals surface area contributed by atoms with Gasteiger partial charge in [0.1, 0.15) is 0 Å². The standard InChI is InChI=1S/C14H18BrNO2S/c1-16(9-11-4-2-3-7-18-11)14(17)12-6-5-10(15)8-13(12)19/h5-6,8,11,19H,2-4,7,9H2,1H3. The first-order valence-corrected chi connectivity index (χ1v) is 7.67. The zero-order chi connectivity index (χ0) is 13.8. The average Bonchev–Trinajstić information content (AvgIpc) is 2.39. The predicted octanol–water partition coefficient (Wildman–Crippen LogP) is 3.38. The van der Waals surface area contributed by atoms with Crippen LogP contribution in [0.4, 0.5) is 0 Å². The molecule has 0 aliphatic carbocycles. The Balaban J connectivity index is 2.01. The summed E-state index contributed by atoms with van der Waals surface area (Å²) in [4.78, 5) is 14.8. The maximum atomic E-state index is 12.4. The normalized spacial score (nSPS) is 19.2. The fourth-order valence-corrected chi connectivity index (χ4v) is 3.08. The van der Waals surface area contributed by atoms with Crippen molar-refractivity contribution in [1.82, 2.24) is 4.90 Å². The fourth-order valence-electron chi connectivity index (χ4n) is 2.23. The highest BCUT2D eigenvalue weighted by Crippen LogP contribution is 2.21. The van der Waals surface area contributed by atoms with Gasteiger partial charge in [-0.05, 0) is 37.5 Å². The van der Waals surface area contributed by atoms with Crippen LogP contribution in [0.15, 0.2) is 27.6 Å². The van der Waals surface area contributed by atoms with Crippen molar-refractivity contribution in [3.8, 4) is 0 Å². The Hall–Kier alpha value is -0.520. The molecule has 1 fully saturated rings. The lowest BCUT2D eigenvalue weighted by Gasteiger charge is -2.27. The topological polar surface area (TPSA) is 29.5 Å². The molecule has 5 heteroatoms. The van der Waals surface area contributed by atoms with Gasteiger partial charge in [-0.25, -0.2) is 0 Å². The molecular formula is C14H18BrNO2S. The highest BCUT2D eigenvalue weighted by atomic mass is 79.9. The zero-order valence-corrected chi connectivity index (χ0v) is 13.4. The van der Waals surface area contributed by atoms with Crippen molar-refractivity contribution in [1.29, 1.82) is 0 Å². The van der Waals surface area contributed by atoms with Crippen molar-refractivity contribution >= 4 is 34.5 Å². The molecule has 1 aromatic carbocycles. The van der Waals surface area contributed by atoms with E-state index in [-0.39, 0.29) is 12.0 Å². The minimum atomic E-state index is -0.00771. The first-order chi connectivity index (χ1) is 9.08. The molecule has 1 saturated heterocycles. The molecular weight excluding hydrogens is 326 g/mol. The van der Waals surface area contributed by atoms with E-state index in [1.54, 1.807) is 11.0 Å². The second-order valence-corrected chi connectivity index (χ2v) is 6.23. The van der Waals surface area contributed by atoms with E-state index in [4.69, 9.17) is 4.74 Å². The first-order valence-electron chi connectivity index (χ1n) is 6.43. The van der Waals surface area contributed by atoms with E-state index in [0.29, 0.717) is 17.0 Å². The second-order valence-electron chi connectivity index (χ2n) is 4.84. The molecule has 0 aromatic heterocycles. The number of nitrogens with zero attached hydrogens (tertiary/aromatic N) is 1. The van der Waals surface area contributed by atoms with Crippen molar-refractivity contribution in [2.24, 2.45) is 0 Å². The van der Waals surface area contributed by atoms with Gasteiger partial charge in [0.25, 0.3) is 5.91 Å². The summed E-state index contributed by atoms with van der Waals surface area (Å²) < 4.78 is 6.59. The molecule has 1 heterocycles. The van der Waals surface area contributed by atoms with Gasteiger partial charge in [-0.15, -0.1) is 12.6 Å². The molecule has 1 atom stereocenters. The smallest absolute Gasteiger partial charge is 0.254 e. The molecule has 3 nitrogen and oxygen atoms in total. The van der Waals surface area contributed by atoms with Crippen molar-refractivity contribution in [2.45, 2.75) is 30.3 Å². The molecule has 0 radical (unpaired) electrons. The predicted molar refractivity (Wildman–Crippen MR) is 81.9 cm³/mol. The zero-order valence-electron chi connectivity index (χ0n) is 10.9. The van der Waals surface area contributed by atoms with Gasteiger partial charge in [0.05, 0.1) is 11.7 Å². The Kier molecular flexibility index (Phi) is 5.30. The Bertz CT molecular complexity index is 461. The number of carbonyl (C=O) groups excluding carboxylic acids is 1. The molecule has 2 rings (SSSR count). The summed E-state index contributed by atoms with van der Waals surface area (Å²) in [6.45, 7) is 1.45. The van der Waals surface area contributed by atoms with Gasteiger partial charge in [0.15, 0.2) is 0 Å². The SMILES string of the molecule is CN(CC1CCCCO1)C(=O)c1ccc(Br)cc1S. The van der Waals surface area contributed by atoms with Crippen molar-refractivity contribution in [3.05, 3.63) is 28.2 Å². The van der Waals surface area contributed by atoms with Crippen LogP contribution in [0.5, 0.6) is 0 Å². The monoisotopic (exact) mass is 343 g/mol. The van der Waals surface area contributed by atoms with Crippen molar-refractivity contribution < 1.29 is 9.53 Å². The maximum Gasteiger partial charge on any atom is 0.254 e. The summed E-state index contributed by atoms with van der Waals surface area (Å²) >= 11 is 7.73. The van der Waals surface area contributed by atoms with Crippen LogP contribution in [0.25, 0.3) is 0 Å². The number of likely N-dealkylation sites (N-methyl/N-ethyl adjacent to an activating group) is 1. The van der Waals surface area contributed by atoms with Crippen LogP contribution in [-0.4, -0.2) is 37.1 Å². The number of hydrogen-bond donors (Lipinski definition) is 1. The summed E-state index contributed by atoms with van der Waals surface area (Å²) in [6, 6.07) is 5.49. The summed E-state index contributed by atoms with van der Waals surface area (Å²) in [7, 11) is 1.82. The van der Waals surface area contributed by atoms with E-state index >= 15 is 0 Å². The van der Waals surface area contributed by atoms with Crippen molar-refractivity contribution in [2.75, 3.05) is 20.2 Å². The van der Waals surface area contributed by atoms with E-state index < -0.39 is 0 Å². The molecule has 0 saturated carbocycles. The molecule has 1 aromatic rings. The number of ether oxygens (including phenoxy) is 1. The lowest BCUT2D eigenvalue weighted by Crippen LogP contribution is -2.37. The lowest BCUT2D eigenvalue weighted by atomic mass is 10.1. The molecule has 0 N–H and O–H groups in total. The molecule has 0 bridgehead atoms. The maximum absolute atomic E-state index is 12.4. The minimum absolute atomic E-state index is 0.00771. The summed E-state index contributed by atoms with van der Waals surface area (Å²) in [5.41, 5.74) is 0.629. The molecule has 1 aliphatic heterocycles. The van der Waals surface area contributed by atoms with E-state index in [2.05, 4.69) is 28.6 Å². The highest BCUT2D eigenvalue weighted by molar-refractivity contribution is 9.10. The quantitative estimate of drug-likeness (QED) is 0.852. The van der Waals surface area contributed by atoms with Crippen LogP contribution in [0.2, 0.25) is 0 Å². The molecule has 1 aliphatic rings. The van der Waals surface area contributed by atoms with Crippen LogP contribution in [0, 0.1) is 0 Å². The van der Waals surface area contributed by atoms with Gasteiger partial charge in [-0.3, -0.25) is 4.79 Å². The van der Waals surface area contributed by atoms with E-state index in [1.807, 2.05) is 19.2 Å². The first kappa shape index (κ1) is 14.9. The number of thiol groups is 1. The number of carbonyl (C=O) groups is 1. The van der Waals surface area contributed by atoms with Crippen LogP contribution in [0.3, 0.4) is 0 Å². The van der Waals surface area contributed by atoms with Crippen LogP contribution >= 0.6 is 28.6 Å². The molecule has 19 heavy (non-hydrogen) atoms. The number of benzene rings is 1. The molecule has 1 amide bonds. The highest BCUT2D eigenvalue weighted by Gasteiger charge is 2.20. The van der Waals surface area contributed by atoms with Crippen molar-refractivity contribution in [3.63, 3.8) is 0 Å². The Labute approximate surface area is 127 Å². The van der Waals surface area contributed by atoms with E-state index in [0.717, 1.165) is 23.9 Å². The van der Waals surface area contributed by atoms with Gasteiger partial charge in [0.2, 0.25) is 0 Å². The summed E-state index contributed by atoms with van der Waals surface area (Å²) in [5, 5.41) is 0. The molecule has 1 unspecified atom stereocenters. The number of amides is 1. The number of rotatable bonds is 3. The van der Waals surface area contributed by atoms with E-state index in [9.17, 15) is 4.79 Å². The Morgan fingerprint density at radius 3 is 2.95 bits per heavy atom. The Morgan fingerprint density at radius 2 is 2.32 bits per heavy atom. The third-order valence-electron chi connectivity index (χ3n) is 3.29. The minimum Gasteiger partial charge on any atom is -0.376 e. The average molecular weight is 344 g/mol. The van der Waals surface area contributed by atoms with Gasteiger partial charge < -0.3 is 9.64 Å². The number of halogens is 1. The van der Waals surface area contributed by atoms with Gasteiger partial charge >= 0.3 is 0 Å². The third kappa shape index (κ3) is 3.97. The van der Waals surface area contributed by atoms with Crippen LogP contribution < -0.4 is 0 Å².